The van der Waals surface area contributed by atoms with E-state index in [9.17, 15) is 24.1 Å². The van der Waals surface area contributed by atoms with Crippen molar-refractivity contribution in [1.29, 1.82) is 0 Å². The van der Waals surface area contributed by atoms with Gasteiger partial charge in [0, 0.05) is 17.7 Å². The third-order valence-corrected chi connectivity index (χ3v) is 7.24. The van der Waals surface area contributed by atoms with Crippen molar-refractivity contribution >= 4 is 13.7 Å². The van der Waals surface area contributed by atoms with Crippen molar-refractivity contribution in [2.45, 2.75) is 65.2 Å². The predicted octanol–water partition coefficient (Wildman–Crippen LogP) is 1.95. The molecule has 3 N–H and O–H groups in total. The highest BCUT2D eigenvalue weighted by Crippen LogP contribution is 2.48. The van der Waals surface area contributed by atoms with Crippen molar-refractivity contribution < 1.29 is 33.0 Å². The van der Waals surface area contributed by atoms with E-state index in [0.717, 1.165) is 4.57 Å². The van der Waals surface area contributed by atoms with Crippen LogP contribution >= 0.6 is 7.75 Å². The molecule has 1 aliphatic rings. The zero-order chi connectivity index (χ0) is 26.7. The molecule has 2 heterocycles. The van der Waals surface area contributed by atoms with Crippen LogP contribution in [-0.4, -0.2) is 51.6 Å². The summed E-state index contributed by atoms with van der Waals surface area (Å²) in [6, 6.07) is 8.36. The molecular weight excluding hydrogens is 493 g/mol. The Balaban J connectivity index is 1.80. The van der Waals surface area contributed by atoms with Crippen LogP contribution in [0.25, 0.3) is 0 Å². The summed E-state index contributed by atoms with van der Waals surface area (Å²) in [5.41, 5.74) is -2.25. The average Bonchev–Trinajstić information content (AvgIpc) is 3.01. The molecule has 198 valence electrons. The Labute approximate surface area is 208 Å². The summed E-state index contributed by atoms with van der Waals surface area (Å²) >= 11 is 0. The Morgan fingerprint density at radius 2 is 1.89 bits per heavy atom. The highest BCUT2D eigenvalue weighted by Gasteiger charge is 2.52. The Kier molecular flexibility index (Phi) is 8.58. The van der Waals surface area contributed by atoms with E-state index in [-0.39, 0.29) is 11.9 Å². The molecule has 13 heteroatoms. The van der Waals surface area contributed by atoms with Crippen LogP contribution in [0.15, 0.2) is 52.2 Å². The summed E-state index contributed by atoms with van der Waals surface area (Å²) in [6.45, 7) is 7.79. The maximum Gasteiger partial charge on any atom is 0.459 e. The molecule has 1 aromatic heterocycles. The first-order valence-electron chi connectivity index (χ1n) is 11.4. The second kappa shape index (κ2) is 11.1. The van der Waals surface area contributed by atoms with Crippen LogP contribution in [0.3, 0.4) is 0 Å². The van der Waals surface area contributed by atoms with Gasteiger partial charge in [0.25, 0.3) is 5.56 Å². The van der Waals surface area contributed by atoms with Crippen LogP contribution in [-0.2, 0) is 23.4 Å². The van der Waals surface area contributed by atoms with Gasteiger partial charge in [-0.25, -0.2) is 9.36 Å². The van der Waals surface area contributed by atoms with E-state index in [0.29, 0.717) is 0 Å². The van der Waals surface area contributed by atoms with Crippen molar-refractivity contribution in [3.8, 4) is 5.75 Å². The molecule has 0 saturated carbocycles. The quantitative estimate of drug-likeness (QED) is 0.309. The Bertz CT molecular complexity index is 1210. The maximum absolute atomic E-state index is 13.7. The second-order valence-electron chi connectivity index (χ2n) is 9.34. The molecule has 0 spiro atoms. The minimum absolute atomic E-state index is 0.226. The summed E-state index contributed by atoms with van der Waals surface area (Å²) in [7, 11) is -4.18. The molecule has 0 radical (unpaired) electrons. The number of H-pyrrole nitrogens is 1. The SMILES string of the molecule is CC(C)OC(=O)[C@H](C)NP(=O)(OC[C@H]1O[C@@H](n2ccc(=O)[nH]c2=O)C(C)(C)[C@@H]1O)Oc1ccccc1. The third-order valence-electron chi connectivity index (χ3n) is 5.59. The number of nitrogens with zero attached hydrogens (tertiary/aromatic N) is 1. The summed E-state index contributed by atoms with van der Waals surface area (Å²) in [5.74, 6) is -0.426. The second-order valence-corrected chi connectivity index (χ2v) is 11.0. The number of nitrogens with one attached hydrogen (secondary N) is 2. The summed E-state index contributed by atoms with van der Waals surface area (Å²) in [6.07, 6.45) is -2.22. The number of benzene rings is 1. The Morgan fingerprint density at radius 3 is 2.50 bits per heavy atom. The van der Waals surface area contributed by atoms with Gasteiger partial charge in [-0.15, -0.1) is 0 Å². The number of para-hydroxylation sites is 1. The molecule has 1 aliphatic heterocycles. The molecule has 0 amide bonds. The highest BCUT2D eigenvalue weighted by molar-refractivity contribution is 7.52. The van der Waals surface area contributed by atoms with Gasteiger partial charge in [-0.2, -0.15) is 5.09 Å². The number of aromatic amines is 1. The lowest BCUT2D eigenvalue weighted by atomic mass is 9.84. The number of aliphatic hydroxyl groups is 1. The van der Waals surface area contributed by atoms with E-state index in [1.807, 2.05) is 0 Å². The molecule has 1 saturated heterocycles. The summed E-state index contributed by atoms with van der Waals surface area (Å²) in [4.78, 5) is 38.2. The molecule has 3 rings (SSSR count). The van der Waals surface area contributed by atoms with Crippen molar-refractivity contribution in [1.82, 2.24) is 14.6 Å². The van der Waals surface area contributed by atoms with Crippen LogP contribution in [0.4, 0.5) is 0 Å². The van der Waals surface area contributed by atoms with Gasteiger partial charge >= 0.3 is 19.4 Å². The Morgan fingerprint density at radius 1 is 1.22 bits per heavy atom. The molecule has 0 bridgehead atoms. The fourth-order valence-corrected chi connectivity index (χ4v) is 5.22. The minimum Gasteiger partial charge on any atom is -0.462 e. The number of esters is 1. The van der Waals surface area contributed by atoms with E-state index < -0.39 is 61.5 Å². The third kappa shape index (κ3) is 6.51. The van der Waals surface area contributed by atoms with E-state index in [1.165, 1.54) is 19.2 Å². The van der Waals surface area contributed by atoms with E-state index >= 15 is 0 Å². The molecule has 1 unspecified atom stereocenters. The van der Waals surface area contributed by atoms with Crippen molar-refractivity contribution in [2.24, 2.45) is 5.41 Å². The monoisotopic (exact) mass is 525 g/mol. The molecule has 1 aromatic carbocycles. The highest BCUT2D eigenvalue weighted by atomic mass is 31.2. The standard InChI is InChI=1S/C23H32N3O9P/c1-14(2)33-20(29)15(3)25-36(31,35-16-9-7-6-8-10-16)32-13-17-19(28)23(4,5)21(34-17)26-12-11-18(27)24-22(26)30/h6-12,14-15,17,19,21,28H,13H2,1-5H3,(H,25,31)(H,24,27,30)/t15-,17+,19+,21+,36?/m0/s1. The normalized spacial score (nSPS) is 23.7. The van der Waals surface area contributed by atoms with Gasteiger partial charge in [-0.3, -0.25) is 23.7 Å². The fraction of sp³-hybridized carbons (Fsp3) is 0.522. The van der Waals surface area contributed by atoms with Crippen molar-refractivity contribution in [3.63, 3.8) is 0 Å². The van der Waals surface area contributed by atoms with Gasteiger partial charge in [0.2, 0.25) is 0 Å². The number of aliphatic hydroxyl groups excluding tert-OH is 1. The number of aromatic nitrogens is 2. The molecule has 5 atom stereocenters. The number of hydrogen-bond acceptors (Lipinski definition) is 9. The molecule has 2 aromatic rings. The minimum atomic E-state index is -4.18. The summed E-state index contributed by atoms with van der Waals surface area (Å²) in [5, 5.41) is 13.5. The number of carbonyl (C=O) groups is 1. The fourth-order valence-electron chi connectivity index (χ4n) is 3.71. The molecule has 0 aliphatic carbocycles. The molecular formula is C23H32N3O9P. The smallest absolute Gasteiger partial charge is 0.459 e. The van der Waals surface area contributed by atoms with Gasteiger partial charge < -0.3 is 19.1 Å². The van der Waals surface area contributed by atoms with Crippen LogP contribution in [0.5, 0.6) is 5.75 Å². The lowest BCUT2D eigenvalue weighted by Crippen LogP contribution is -2.40. The van der Waals surface area contributed by atoms with Crippen LogP contribution in [0.2, 0.25) is 0 Å². The van der Waals surface area contributed by atoms with Crippen molar-refractivity contribution in [2.75, 3.05) is 6.61 Å². The average molecular weight is 525 g/mol. The maximum atomic E-state index is 13.7. The first kappa shape index (κ1) is 27.8. The first-order chi connectivity index (χ1) is 16.8. The van der Waals surface area contributed by atoms with Gasteiger partial charge in [0.15, 0.2) is 0 Å². The zero-order valence-corrected chi connectivity index (χ0v) is 21.6. The number of hydrogen-bond donors (Lipinski definition) is 3. The lowest BCUT2D eigenvalue weighted by Gasteiger charge is -2.29. The molecule has 12 nitrogen and oxygen atoms in total. The van der Waals surface area contributed by atoms with E-state index in [2.05, 4.69) is 10.1 Å². The molecule has 1 fully saturated rings. The summed E-state index contributed by atoms with van der Waals surface area (Å²) < 4.78 is 37.1. The predicted molar refractivity (Wildman–Crippen MR) is 129 cm³/mol. The number of rotatable bonds is 10. The van der Waals surface area contributed by atoms with E-state index in [1.54, 1.807) is 58.0 Å². The van der Waals surface area contributed by atoms with Gasteiger partial charge in [-0.05, 0) is 32.9 Å². The zero-order valence-electron chi connectivity index (χ0n) is 20.7. The van der Waals surface area contributed by atoms with Crippen LogP contribution in [0, 0.1) is 5.41 Å². The number of carbonyl (C=O) groups excluding carboxylic acids is 1. The van der Waals surface area contributed by atoms with Gasteiger partial charge in [0.05, 0.1) is 18.8 Å². The molecule has 36 heavy (non-hydrogen) atoms. The van der Waals surface area contributed by atoms with Crippen LogP contribution in [0.1, 0.15) is 40.8 Å². The number of ether oxygens (including phenoxy) is 2. The van der Waals surface area contributed by atoms with Gasteiger partial charge in [0.1, 0.15) is 24.1 Å². The lowest BCUT2D eigenvalue weighted by molar-refractivity contribution is -0.149. The van der Waals surface area contributed by atoms with E-state index in [4.69, 9.17) is 18.5 Å². The first-order valence-corrected chi connectivity index (χ1v) is 13.0. The van der Waals surface area contributed by atoms with Crippen molar-refractivity contribution in [3.05, 3.63) is 63.4 Å². The van der Waals surface area contributed by atoms with Crippen LogP contribution < -0.4 is 20.9 Å². The van der Waals surface area contributed by atoms with Gasteiger partial charge in [-0.1, -0.05) is 32.0 Å². The topological polar surface area (TPSA) is 158 Å². The Hall–Kier alpha value is -2.76. The largest absolute Gasteiger partial charge is 0.462 e.